The summed E-state index contributed by atoms with van der Waals surface area (Å²) in [5, 5.41) is 2.13. The summed E-state index contributed by atoms with van der Waals surface area (Å²) in [5.41, 5.74) is 0.951. The molecule has 0 N–H and O–H groups in total. The quantitative estimate of drug-likeness (QED) is 0.609. The van der Waals surface area contributed by atoms with E-state index in [4.69, 9.17) is 0 Å². The third-order valence-corrected chi connectivity index (χ3v) is 2.93. The van der Waals surface area contributed by atoms with E-state index in [2.05, 4.69) is 4.74 Å². The van der Waals surface area contributed by atoms with Crippen LogP contribution in [0.1, 0.15) is 5.56 Å². The SMILES string of the molecule is COC(=O)C([C]=O)Cc1cccc2ccccc12. The Kier molecular flexibility index (Phi) is 3.72. The number of ether oxygens (including phenoxy) is 1. The summed E-state index contributed by atoms with van der Waals surface area (Å²) in [5.74, 6) is -1.40. The molecule has 0 aromatic heterocycles. The predicted molar refractivity (Wildman–Crippen MR) is 68.9 cm³/mol. The molecule has 0 aliphatic heterocycles. The van der Waals surface area contributed by atoms with Gasteiger partial charge < -0.3 is 4.74 Å². The minimum Gasteiger partial charge on any atom is -0.468 e. The third-order valence-electron chi connectivity index (χ3n) is 2.93. The monoisotopic (exact) mass is 241 g/mol. The highest BCUT2D eigenvalue weighted by molar-refractivity contribution is 5.90. The third kappa shape index (κ3) is 2.40. The summed E-state index contributed by atoms with van der Waals surface area (Å²) in [4.78, 5) is 22.2. The van der Waals surface area contributed by atoms with Crippen LogP contribution in [-0.2, 0) is 20.7 Å². The first kappa shape index (κ1) is 12.3. The molecule has 3 heteroatoms. The van der Waals surface area contributed by atoms with Crippen molar-refractivity contribution >= 4 is 23.0 Å². The van der Waals surface area contributed by atoms with E-state index in [1.54, 1.807) is 6.29 Å². The van der Waals surface area contributed by atoms with E-state index < -0.39 is 11.9 Å². The zero-order chi connectivity index (χ0) is 13.0. The minimum absolute atomic E-state index is 0.317. The van der Waals surface area contributed by atoms with Crippen molar-refractivity contribution in [2.45, 2.75) is 6.42 Å². The van der Waals surface area contributed by atoms with Crippen molar-refractivity contribution < 1.29 is 14.3 Å². The smallest absolute Gasteiger partial charge is 0.317 e. The van der Waals surface area contributed by atoms with Crippen LogP contribution in [0.2, 0.25) is 0 Å². The number of benzene rings is 2. The van der Waals surface area contributed by atoms with Gasteiger partial charge in [0, 0.05) is 0 Å². The average Bonchev–Trinajstić information content (AvgIpc) is 2.44. The lowest BCUT2D eigenvalue weighted by atomic mass is 9.96. The van der Waals surface area contributed by atoms with Gasteiger partial charge >= 0.3 is 5.97 Å². The Morgan fingerprint density at radius 3 is 2.67 bits per heavy atom. The molecule has 1 unspecified atom stereocenters. The molecule has 91 valence electrons. The minimum atomic E-state index is -0.860. The lowest BCUT2D eigenvalue weighted by molar-refractivity contribution is -0.142. The first-order valence-corrected chi connectivity index (χ1v) is 5.68. The molecule has 0 heterocycles. The van der Waals surface area contributed by atoms with Crippen LogP contribution in [0.5, 0.6) is 0 Å². The van der Waals surface area contributed by atoms with Gasteiger partial charge in [-0.05, 0) is 22.8 Å². The normalized spacial score (nSPS) is 12.1. The number of carbonyl (C=O) groups is 1. The van der Waals surface area contributed by atoms with E-state index >= 15 is 0 Å². The Morgan fingerprint density at radius 1 is 1.22 bits per heavy atom. The van der Waals surface area contributed by atoms with E-state index in [0.717, 1.165) is 16.3 Å². The van der Waals surface area contributed by atoms with Crippen molar-refractivity contribution in [3.05, 3.63) is 48.0 Å². The summed E-state index contributed by atoms with van der Waals surface area (Å²) >= 11 is 0. The molecule has 2 aromatic rings. The summed E-state index contributed by atoms with van der Waals surface area (Å²) in [6, 6.07) is 13.7. The number of esters is 1. The van der Waals surface area contributed by atoms with Gasteiger partial charge in [0.05, 0.1) is 7.11 Å². The summed E-state index contributed by atoms with van der Waals surface area (Å²) < 4.78 is 4.59. The maximum atomic E-state index is 11.4. The highest BCUT2D eigenvalue weighted by Gasteiger charge is 2.20. The number of hydrogen-bond donors (Lipinski definition) is 0. The molecule has 2 aromatic carbocycles. The van der Waals surface area contributed by atoms with Crippen LogP contribution >= 0.6 is 0 Å². The summed E-state index contributed by atoms with van der Waals surface area (Å²) in [7, 11) is 1.27. The Bertz CT molecular complexity index is 569. The van der Waals surface area contributed by atoms with Gasteiger partial charge in [-0.3, -0.25) is 9.59 Å². The highest BCUT2D eigenvalue weighted by Crippen LogP contribution is 2.21. The highest BCUT2D eigenvalue weighted by atomic mass is 16.5. The maximum Gasteiger partial charge on any atom is 0.317 e. The molecule has 2 rings (SSSR count). The Balaban J connectivity index is 2.36. The van der Waals surface area contributed by atoms with Crippen LogP contribution < -0.4 is 0 Å². The van der Waals surface area contributed by atoms with Crippen molar-refractivity contribution in [2.75, 3.05) is 7.11 Å². The molecule has 0 fully saturated rings. The van der Waals surface area contributed by atoms with Crippen LogP contribution in [-0.4, -0.2) is 19.4 Å². The zero-order valence-electron chi connectivity index (χ0n) is 10.1. The van der Waals surface area contributed by atoms with Gasteiger partial charge in [0.25, 0.3) is 0 Å². The molecule has 18 heavy (non-hydrogen) atoms. The van der Waals surface area contributed by atoms with Gasteiger partial charge in [0.1, 0.15) is 5.92 Å². The van der Waals surface area contributed by atoms with E-state index in [-0.39, 0.29) is 0 Å². The summed E-state index contributed by atoms with van der Waals surface area (Å²) in [6.07, 6.45) is 2.06. The number of rotatable bonds is 4. The molecule has 0 saturated carbocycles. The standard InChI is InChI=1S/C15H13O3/c1-18-15(17)13(10-16)9-12-7-4-6-11-5-2-3-8-14(11)12/h2-8,13H,9H2,1H3. The fourth-order valence-electron chi connectivity index (χ4n) is 2.01. The van der Waals surface area contributed by atoms with Crippen molar-refractivity contribution in [1.29, 1.82) is 0 Å². The molecular weight excluding hydrogens is 228 g/mol. The van der Waals surface area contributed by atoms with Crippen LogP contribution in [0.25, 0.3) is 10.8 Å². The zero-order valence-corrected chi connectivity index (χ0v) is 10.1. The molecule has 0 spiro atoms. The fourth-order valence-corrected chi connectivity index (χ4v) is 2.01. The molecule has 0 saturated heterocycles. The van der Waals surface area contributed by atoms with E-state index in [1.165, 1.54) is 7.11 Å². The van der Waals surface area contributed by atoms with Gasteiger partial charge in [-0.2, -0.15) is 0 Å². The molecule has 0 bridgehead atoms. The van der Waals surface area contributed by atoms with Crippen molar-refractivity contribution in [3.63, 3.8) is 0 Å². The molecular formula is C15H13O3. The van der Waals surface area contributed by atoms with Crippen LogP contribution in [0, 0.1) is 5.92 Å². The van der Waals surface area contributed by atoms with Gasteiger partial charge in [-0.15, -0.1) is 0 Å². The van der Waals surface area contributed by atoms with Crippen molar-refractivity contribution in [3.8, 4) is 0 Å². The Hall–Kier alpha value is -2.16. The topological polar surface area (TPSA) is 43.4 Å². The Morgan fingerprint density at radius 2 is 1.94 bits per heavy atom. The fraction of sp³-hybridized carbons (Fsp3) is 0.200. The number of carbonyl (C=O) groups excluding carboxylic acids is 2. The lowest BCUT2D eigenvalue weighted by Crippen LogP contribution is -2.20. The lowest BCUT2D eigenvalue weighted by Gasteiger charge is -2.09. The first-order valence-electron chi connectivity index (χ1n) is 5.68. The van der Waals surface area contributed by atoms with Gasteiger partial charge in [-0.1, -0.05) is 42.5 Å². The number of fused-ring (bicyclic) bond motifs is 1. The molecule has 1 atom stereocenters. The number of hydrogen-bond acceptors (Lipinski definition) is 3. The van der Waals surface area contributed by atoms with Crippen LogP contribution in [0.15, 0.2) is 42.5 Å². The van der Waals surface area contributed by atoms with E-state index in [1.807, 2.05) is 42.5 Å². The second-order valence-electron chi connectivity index (χ2n) is 4.04. The molecule has 0 aliphatic rings. The first-order chi connectivity index (χ1) is 8.76. The predicted octanol–water partition coefficient (Wildman–Crippen LogP) is 2.28. The van der Waals surface area contributed by atoms with Gasteiger partial charge in [0.15, 0.2) is 0 Å². The van der Waals surface area contributed by atoms with Crippen LogP contribution in [0.4, 0.5) is 0 Å². The second kappa shape index (κ2) is 5.45. The van der Waals surface area contributed by atoms with Gasteiger partial charge in [-0.25, -0.2) is 0 Å². The van der Waals surface area contributed by atoms with Crippen molar-refractivity contribution in [2.24, 2.45) is 5.92 Å². The average molecular weight is 241 g/mol. The molecule has 0 aliphatic carbocycles. The molecule has 3 nitrogen and oxygen atoms in total. The van der Waals surface area contributed by atoms with Crippen molar-refractivity contribution in [1.82, 2.24) is 0 Å². The molecule has 0 amide bonds. The van der Waals surface area contributed by atoms with Gasteiger partial charge in [0.2, 0.25) is 6.29 Å². The Labute approximate surface area is 105 Å². The maximum absolute atomic E-state index is 11.4. The number of methoxy groups -OCH3 is 1. The largest absolute Gasteiger partial charge is 0.468 e. The second-order valence-corrected chi connectivity index (χ2v) is 4.04. The van der Waals surface area contributed by atoms with E-state index in [9.17, 15) is 9.59 Å². The molecule has 1 radical (unpaired) electrons. The van der Waals surface area contributed by atoms with Crippen LogP contribution in [0.3, 0.4) is 0 Å². The summed E-state index contributed by atoms with van der Waals surface area (Å²) in [6.45, 7) is 0. The van der Waals surface area contributed by atoms with E-state index in [0.29, 0.717) is 6.42 Å².